The van der Waals surface area contributed by atoms with Gasteiger partial charge in [-0.05, 0) is 31.4 Å². The van der Waals surface area contributed by atoms with Crippen LogP contribution in [-0.2, 0) is 9.47 Å². The molecule has 4 heteroatoms. The number of hydrogen-bond donors (Lipinski definition) is 1. The maximum absolute atomic E-state index is 9.84. The van der Waals surface area contributed by atoms with Gasteiger partial charge in [-0.2, -0.15) is 0 Å². The highest BCUT2D eigenvalue weighted by Gasteiger charge is 2.15. The molecule has 1 fully saturated rings. The molecule has 2 unspecified atom stereocenters. The number of thioether (sulfide) groups is 1. The van der Waals surface area contributed by atoms with E-state index < -0.39 is 6.10 Å². The number of ether oxygens (including phenoxy) is 2. The van der Waals surface area contributed by atoms with Crippen LogP contribution < -0.4 is 0 Å². The molecular formula is C14H20O3S. The van der Waals surface area contributed by atoms with Gasteiger partial charge in [0.25, 0.3) is 0 Å². The Bertz CT molecular complexity index is 325. The van der Waals surface area contributed by atoms with Crippen molar-refractivity contribution in [2.75, 3.05) is 19.0 Å². The Labute approximate surface area is 112 Å². The summed E-state index contributed by atoms with van der Waals surface area (Å²) in [6.45, 7) is 1.13. The molecule has 0 aliphatic carbocycles. The normalized spacial score (nSPS) is 21.7. The van der Waals surface area contributed by atoms with Crippen molar-refractivity contribution in [2.45, 2.75) is 36.6 Å². The molecule has 0 aromatic heterocycles. The van der Waals surface area contributed by atoms with Crippen molar-refractivity contribution in [3.63, 3.8) is 0 Å². The molecule has 100 valence electrons. The van der Waals surface area contributed by atoms with Gasteiger partial charge < -0.3 is 14.6 Å². The first-order valence-electron chi connectivity index (χ1n) is 6.44. The van der Waals surface area contributed by atoms with E-state index in [1.807, 2.05) is 30.3 Å². The Kier molecular flexibility index (Phi) is 6.00. The molecule has 1 heterocycles. The molecule has 1 aromatic rings. The van der Waals surface area contributed by atoms with Crippen LogP contribution >= 0.6 is 11.8 Å². The molecule has 0 bridgehead atoms. The molecule has 3 nitrogen and oxygen atoms in total. The van der Waals surface area contributed by atoms with Gasteiger partial charge in [-0.1, -0.05) is 18.2 Å². The van der Waals surface area contributed by atoms with Gasteiger partial charge >= 0.3 is 0 Å². The van der Waals surface area contributed by atoms with Crippen molar-refractivity contribution in [3.8, 4) is 0 Å². The lowest BCUT2D eigenvalue weighted by atomic mass is 10.2. The first-order valence-corrected chi connectivity index (χ1v) is 7.42. The largest absolute Gasteiger partial charge is 0.390 e. The third-order valence-corrected chi connectivity index (χ3v) is 3.95. The molecule has 18 heavy (non-hydrogen) atoms. The summed E-state index contributed by atoms with van der Waals surface area (Å²) < 4.78 is 11.0. The van der Waals surface area contributed by atoms with Gasteiger partial charge in [0.1, 0.15) is 0 Å². The zero-order valence-corrected chi connectivity index (χ0v) is 11.3. The number of aliphatic hydroxyl groups excluding tert-OH is 1. The number of aliphatic hydroxyl groups is 1. The van der Waals surface area contributed by atoms with E-state index in [1.165, 1.54) is 4.90 Å². The summed E-state index contributed by atoms with van der Waals surface area (Å²) in [5.74, 6) is 0.650. The molecule has 0 saturated carbocycles. The van der Waals surface area contributed by atoms with Gasteiger partial charge in [-0.25, -0.2) is 0 Å². The fourth-order valence-electron chi connectivity index (χ4n) is 1.82. The highest BCUT2D eigenvalue weighted by molar-refractivity contribution is 7.99. The minimum Gasteiger partial charge on any atom is -0.390 e. The lowest BCUT2D eigenvalue weighted by Gasteiger charge is -2.23. The molecule has 0 amide bonds. The van der Waals surface area contributed by atoms with E-state index in [0.717, 1.165) is 25.9 Å². The molecule has 0 spiro atoms. The molecule has 0 radical (unpaired) electrons. The number of rotatable bonds is 6. The molecular weight excluding hydrogens is 248 g/mol. The van der Waals surface area contributed by atoms with Gasteiger partial charge in [0.05, 0.1) is 12.7 Å². The third kappa shape index (κ3) is 4.98. The van der Waals surface area contributed by atoms with E-state index in [9.17, 15) is 5.11 Å². The van der Waals surface area contributed by atoms with Gasteiger partial charge in [-0.15, -0.1) is 11.8 Å². The van der Waals surface area contributed by atoms with Crippen LogP contribution in [0.5, 0.6) is 0 Å². The minimum atomic E-state index is -0.444. The Morgan fingerprint density at radius 3 is 2.89 bits per heavy atom. The first kappa shape index (κ1) is 13.9. The van der Waals surface area contributed by atoms with Crippen molar-refractivity contribution in [2.24, 2.45) is 0 Å². The van der Waals surface area contributed by atoms with E-state index in [1.54, 1.807) is 11.8 Å². The lowest BCUT2D eigenvalue weighted by molar-refractivity contribution is -0.173. The van der Waals surface area contributed by atoms with Gasteiger partial charge in [0.15, 0.2) is 6.29 Å². The van der Waals surface area contributed by atoms with Crippen LogP contribution in [0.4, 0.5) is 0 Å². The highest BCUT2D eigenvalue weighted by Crippen LogP contribution is 2.19. The maximum Gasteiger partial charge on any atom is 0.157 e. The Morgan fingerprint density at radius 2 is 2.17 bits per heavy atom. The maximum atomic E-state index is 9.84. The fraction of sp³-hybridized carbons (Fsp3) is 0.571. The van der Waals surface area contributed by atoms with Crippen molar-refractivity contribution in [1.29, 1.82) is 0 Å². The molecule has 2 atom stereocenters. The van der Waals surface area contributed by atoms with Gasteiger partial charge in [0, 0.05) is 17.3 Å². The molecule has 1 aliphatic heterocycles. The van der Waals surface area contributed by atoms with Crippen LogP contribution in [0.1, 0.15) is 19.3 Å². The Balaban J connectivity index is 1.61. The standard InChI is InChI=1S/C14H20O3S/c15-12(10-17-14-8-4-5-9-16-14)11-18-13-6-2-1-3-7-13/h1-3,6-7,12,14-15H,4-5,8-11H2. The monoisotopic (exact) mass is 268 g/mol. The molecule has 1 aromatic carbocycles. The van der Waals surface area contributed by atoms with Crippen LogP contribution in [0.15, 0.2) is 35.2 Å². The smallest absolute Gasteiger partial charge is 0.157 e. The zero-order valence-electron chi connectivity index (χ0n) is 10.5. The van der Waals surface area contributed by atoms with Gasteiger partial charge in [-0.3, -0.25) is 0 Å². The minimum absolute atomic E-state index is 0.116. The van der Waals surface area contributed by atoms with Crippen molar-refractivity contribution >= 4 is 11.8 Å². The summed E-state index contributed by atoms with van der Waals surface area (Å²) in [7, 11) is 0. The molecule has 2 rings (SSSR count). The summed E-state index contributed by atoms with van der Waals surface area (Å²) in [5.41, 5.74) is 0. The van der Waals surface area contributed by atoms with E-state index in [2.05, 4.69) is 0 Å². The number of benzene rings is 1. The SMILES string of the molecule is OC(COC1CCCCO1)CSc1ccccc1. The Hall–Kier alpha value is -0.550. The quantitative estimate of drug-likeness (QED) is 0.805. The molecule has 1 saturated heterocycles. The van der Waals surface area contributed by atoms with Crippen LogP contribution in [-0.4, -0.2) is 36.5 Å². The van der Waals surface area contributed by atoms with Crippen molar-refractivity contribution in [3.05, 3.63) is 30.3 Å². The predicted molar refractivity (Wildman–Crippen MR) is 72.7 cm³/mol. The van der Waals surface area contributed by atoms with Crippen molar-refractivity contribution in [1.82, 2.24) is 0 Å². The van der Waals surface area contributed by atoms with Crippen molar-refractivity contribution < 1.29 is 14.6 Å². The first-order chi connectivity index (χ1) is 8.84. The van der Waals surface area contributed by atoms with E-state index >= 15 is 0 Å². The highest BCUT2D eigenvalue weighted by atomic mass is 32.2. The lowest BCUT2D eigenvalue weighted by Crippen LogP contribution is -2.27. The van der Waals surface area contributed by atoms with Crippen LogP contribution in [0.2, 0.25) is 0 Å². The molecule has 1 N–H and O–H groups in total. The molecule has 1 aliphatic rings. The van der Waals surface area contributed by atoms with Gasteiger partial charge in [0.2, 0.25) is 0 Å². The number of hydrogen-bond acceptors (Lipinski definition) is 4. The summed E-state index contributed by atoms with van der Waals surface area (Å²) >= 11 is 1.64. The van der Waals surface area contributed by atoms with Crippen LogP contribution in [0.25, 0.3) is 0 Å². The topological polar surface area (TPSA) is 38.7 Å². The van der Waals surface area contributed by atoms with E-state index in [0.29, 0.717) is 12.4 Å². The average Bonchev–Trinajstić information content (AvgIpc) is 2.45. The summed E-state index contributed by atoms with van der Waals surface area (Å²) in [4.78, 5) is 1.17. The second kappa shape index (κ2) is 7.79. The Morgan fingerprint density at radius 1 is 1.33 bits per heavy atom. The zero-order chi connectivity index (χ0) is 12.6. The second-order valence-corrected chi connectivity index (χ2v) is 5.50. The van der Waals surface area contributed by atoms with Crippen LogP contribution in [0, 0.1) is 0 Å². The third-order valence-electron chi connectivity index (χ3n) is 2.80. The summed E-state index contributed by atoms with van der Waals surface area (Å²) in [5, 5.41) is 9.84. The fourth-order valence-corrected chi connectivity index (χ4v) is 2.65. The summed E-state index contributed by atoms with van der Waals surface area (Å²) in [6, 6.07) is 10.1. The van der Waals surface area contributed by atoms with Crippen LogP contribution in [0.3, 0.4) is 0 Å². The second-order valence-electron chi connectivity index (χ2n) is 4.41. The predicted octanol–water partition coefficient (Wildman–Crippen LogP) is 2.68. The summed E-state index contributed by atoms with van der Waals surface area (Å²) in [6.07, 6.45) is 2.65. The van der Waals surface area contributed by atoms with E-state index in [4.69, 9.17) is 9.47 Å². The average molecular weight is 268 g/mol. The van der Waals surface area contributed by atoms with E-state index in [-0.39, 0.29) is 6.29 Å².